The molecule has 2 fully saturated rings. The Kier molecular flexibility index (Phi) is 2.93. The first-order valence-corrected chi connectivity index (χ1v) is 7.12. The third-order valence-corrected chi connectivity index (χ3v) is 4.19. The maximum absolute atomic E-state index is 5.45. The quantitative estimate of drug-likeness (QED) is 0.808. The van der Waals surface area contributed by atoms with Gasteiger partial charge >= 0.3 is 0 Å². The van der Waals surface area contributed by atoms with Crippen LogP contribution in [0.5, 0.6) is 0 Å². The predicted octanol–water partition coefficient (Wildman–Crippen LogP) is 2.92. The molecule has 4 nitrogen and oxygen atoms in total. The maximum atomic E-state index is 5.45. The number of piperidine rings is 1. The van der Waals surface area contributed by atoms with E-state index in [1.54, 1.807) is 0 Å². The average molecular weight is 249 g/mol. The van der Waals surface area contributed by atoms with Crippen LogP contribution in [0, 0.1) is 0 Å². The largest absolute Gasteiger partial charge is 0.339 e. The lowest BCUT2D eigenvalue weighted by molar-refractivity contribution is 0.0961. The molecule has 18 heavy (non-hydrogen) atoms. The molecule has 1 aliphatic heterocycles. The van der Waals surface area contributed by atoms with Crippen molar-refractivity contribution in [2.45, 2.75) is 63.8 Å². The van der Waals surface area contributed by atoms with Crippen LogP contribution < -0.4 is 0 Å². The molecule has 0 amide bonds. The second-order valence-corrected chi connectivity index (χ2v) is 6.70. The summed E-state index contributed by atoms with van der Waals surface area (Å²) in [6.45, 7) is 9.12. The summed E-state index contributed by atoms with van der Waals surface area (Å²) >= 11 is 0. The molecule has 1 saturated heterocycles. The van der Waals surface area contributed by atoms with Crippen LogP contribution in [0.15, 0.2) is 4.52 Å². The highest BCUT2D eigenvalue weighted by molar-refractivity contribution is 5.06. The fraction of sp³-hybridized carbons (Fsp3) is 0.857. The molecule has 4 heteroatoms. The van der Waals surface area contributed by atoms with Crippen LogP contribution in [0.1, 0.15) is 70.0 Å². The molecule has 3 rings (SSSR count). The van der Waals surface area contributed by atoms with Gasteiger partial charge in [-0.3, -0.25) is 4.90 Å². The first kappa shape index (κ1) is 12.2. The van der Waals surface area contributed by atoms with Crippen LogP contribution in [0.4, 0.5) is 0 Å². The smallest absolute Gasteiger partial charge is 0.229 e. The van der Waals surface area contributed by atoms with Crippen molar-refractivity contribution >= 4 is 0 Å². The normalized spacial score (nSPS) is 23.5. The van der Waals surface area contributed by atoms with Gasteiger partial charge in [-0.25, -0.2) is 0 Å². The summed E-state index contributed by atoms with van der Waals surface area (Å²) < 4.78 is 5.45. The van der Waals surface area contributed by atoms with Crippen LogP contribution in [-0.2, 0) is 0 Å². The summed E-state index contributed by atoms with van der Waals surface area (Å²) in [5, 5.41) is 4.12. The van der Waals surface area contributed by atoms with Gasteiger partial charge in [0, 0.05) is 17.4 Å². The lowest BCUT2D eigenvalue weighted by atomic mass is 9.93. The predicted molar refractivity (Wildman–Crippen MR) is 69.6 cm³/mol. The van der Waals surface area contributed by atoms with Crippen molar-refractivity contribution in [1.82, 2.24) is 15.0 Å². The van der Waals surface area contributed by atoms with E-state index in [1.165, 1.54) is 12.8 Å². The van der Waals surface area contributed by atoms with Crippen LogP contribution in [0.25, 0.3) is 0 Å². The van der Waals surface area contributed by atoms with Gasteiger partial charge in [-0.15, -0.1) is 0 Å². The third-order valence-electron chi connectivity index (χ3n) is 4.19. The number of hydrogen-bond donors (Lipinski definition) is 0. The summed E-state index contributed by atoms with van der Waals surface area (Å²) in [6, 6.07) is 0. The van der Waals surface area contributed by atoms with Gasteiger partial charge in [0.05, 0.1) is 0 Å². The minimum Gasteiger partial charge on any atom is -0.339 e. The second-order valence-electron chi connectivity index (χ2n) is 6.70. The van der Waals surface area contributed by atoms with E-state index in [2.05, 4.69) is 35.8 Å². The number of aromatic nitrogens is 2. The fourth-order valence-corrected chi connectivity index (χ4v) is 2.72. The van der Waals surface area contributed by atoms with Crippen LogP contribution in [-0.4, -0.2) is 33.7 Å². The van der Waals surface area contributed by atoms with Gasteiger partial charge in [0.25, 0.3) is 0 Å². The van der Waals surface area contributed by atoms with Crippen LogP contribution in [0.3, 0.4) is 0 Å². The lowest BCUT2D eigenvalue weighted by Crippen LogP contribution is -2.45. The summed E-state index contributed by atoms with van der Waals surface area (Å²) in [5.41, 5.74) is 0.277. The van der Waals surface area contributed by atoms with Gasteiger partial charge in [-0.1, -0.05) is 5.16 Å². The van der Waals surface area contributed by atoms with Gasteiger partial charge in [0.1, 0.15) is 0 Å². The SMILES string of the molecule is CC(C)(C)N1CCC(c2nc(C3CC3)no2)CC1. The Balaban J connectivity index is 1.61. The molecule has 1 aromatic rings. The van der Waals surface area contributed by atoms with E-state index in [-0.39, 0.29) is 5.54 Å². The average Bonchev–Trinajstić information content (AvgIpc) is 3.06. The van der Waals surface area contributed by atoms with Gasteiger partial charge in [-0.05, 0) is 59.5 Å². The zero-order valence-electron chi connectivity index (χ0n) is 11.6. The Labute approximate surface area is 109 Å². The molecule has 1 aliphatic carbocycles. The van der Waals surface area contributed by atoms with Crippen molar-refractivity contribution in [1.29, 1.82) is 0 Å². The molecule has 1 aromatic heterocycles. The first-order chi connectivity index (χ1) is 8.54. The van der Waals surface area contributed by atoms with Crippen molar-refractivity contribution in [2.24, 2.45) is 0 Å². The lowest BCUT2D eigenvalue weighted by Gasteiger charge is -2.40. The Morgan fingerprint density at radius 3 is 2.28 bits per heavy atom. The topological polar surface area (TPSA) is 42.2 Å². The molecule has 0 N–H and O–H groups in total. The van der Waals surface area contributed by atoms with E-state index >= 15 is 0 Å². The molecule has 0 bridgehead atoms. The Morgan fingerprint density at radius 1 is 1.06 bits per heavy atom. The van der Waals surface area contributed by atoms with Crippen molar-refractivity contribution in [2.75, 3.05) is 13.1 Å². The minimum absolute atomic E-state index is 0.277. The summed E-state index contributed by atoms with van der Waals surface area (Å²) in [4.78, 5) is 7.13. The molecule has 0 radical (unpaired) electrons. The van der Waals surface area contributed by atoms with E-state index in [0.29, 0.717) is 11.8 Å². The third kappa shape index (κ3) is 2.44. The fourth-order valence-electron chi connectivity index (χ4n) is 2.72. The van der Waals surface area contributed by atoms with E-state index in [9.17, 15) is 0 Å². The van der Waals surface area contributed by atoms with Crippen molar-refractivity contribution in [3.8, 4) is 0 Å². The first-order valence-electron chi connectivity index (χ1n) is 7.12. The van der Waals surface area contributed by atoms with Gasteiger partial charge in [-0.2, -0.15) is 4.98 Å². The number of rotatable bonds is 2. The maximum Gasteiger partial charge on any atom is 0.229 e. The van der Waals surface area contributed by atoms with Crippen molar-refractivity contribution < 1.29 is 4.52 Å². The molecule has 100 valence electrons. The van der Waals surface area contributed by atoms with Gasteiger partial charge in [0.15, 0.2) is 5.82 Å². The molecule has 0 spiro atoms. The number of hydrogen-bond acceptors (Lipinski definition) is 4. The number of nitrogens with zero attached hydrogens (tertiary/aromatic N) is 3. The monoisotopic (exact) mass is 249 g/mol. The Bertz CT molecular complexity index is 409. The number of likely N-dealkylation sites (tertiary alicyclic amines) is 1. The molecular formula is C14H23N3O. The minimum atomic E-state index is 0.277. The second kappa shape index (κ2) is 4.34. The Hall–Kier alpha value is -0.900. The molecule has 2 aliphatic rings. The van der Waals surface area contributed by atoms with Gasteiger partial charge in [0.2, 0.25) is 5.89 Å². The van der Waals surface area contributed by atoms with Crippen molar-refractivity contribution in [3.63, 3.8) is 0 Å². The summed E-state index contributed by atoms with van der Waals surface area (Å²) in [7, 11) is 0. The van der Waals surface area contributed by atoms with Crippen molar-refractivity contribution in [3.05, 3.63) is 11.7 Å². The molecule has 0 aromatic carbocycles. The molecule has 0 unspecified atom stereocenters. The van der Waals surface area contributed by atoms with E-state index in [4.69, 9.17) is 4.52 Å². The highest BCUT2D eigenvalue weighted by Crippen LogP contribution is 2.39. The van der Waals surface area contributed by atoms with E-state index in [0.717, 1.165) is 37.6 Å². The van der Waals surface area contributed by atoms with Gasteiger partial charge < -0.3 is 4.52 Å². The summed E-state index contributed by atoms with van der Waals surface area (Å²) in [6.07, 6.45) is 4.76. The van der Waals surface area contributed by atoms with E-state index < -0.39 is 0 Å². The molecule has 1 saturated carbocycles. The van der Waals surface area contributed by atoms with Crippen LogP contribution in [0.2, 0.25) is 0 Å². The highest BCUT2D eigenvalue weighted by atomic mass is 16.5. The summed E-state index contributed by atoms with van der Waals surface area (Å²) in [5.74, 6) is 2.90. The zero-order valence-corrected chi connectivity index (χ0v) is 11.6. The Morgan fingerprint density at radius 2 is 1.72 bits per heavy atom. The highest BCUT2D eigenvalue weighted by Gasteiger charge is 2.33. The standard InChI is InChI=1S/C14H23N3O/c1-14(2,3)17-8-6-11(7-9-17)13-15-12(16-18-13)10-4-5-10/h10-11H,4-9H2,1-3H3. The molecular weight excluding hydrogens is 226 g/mol. The van der Waals surface area contributed by atoms with Crippen LogP contribution >= 0.6 is 0 Å². The molecule has 2 heterocycles. The van der Waals surface area contributed by atoms with E-state index in [1.807, 2.05) is 0 Å². The zero-order chi connectivity index (χ0) is 12.8. The molecule has 0 atom stereocenters.